The van der Waals surface area contributed by atoms with Crippen LogP contribution in [0.2, 0.25) is 0 Å². The predicted octanol–water partition coefficient (Wildman–Crippen LogP) is 3.00. The zero-order valence-electron chi connectivity index (χ0n) is 15.0. The first-order chi connectivity index (χ1) is 12.6. The van der Waals surface area contributed by atoms with Gasteiger partial charge >= 0.3 is 6.09 Å². The molecule has 138 valence electrons. The van der Waals surface area contributed by atoms with Crippen molar-refractivity contribution in [2.75, 3.05) is 19.7 Å². The molecule has 0 bridgehead atoms. The van der Waals surface area contributed by atoms with Crippen LogP contribution in [-0.4, -0.2) is 47.8 Å². The highest BCUT2D eigenvalue weighted by molar-refractivity contribution is 5.99. The molecule has 0 atom stereocenters. The van der Waals surface area contributed by atoms with Crippen LogP contribution in [0.1, 0.15) is 35.7 Å². The summed E-state index contributed by atoms with van der Waals surface area (Å²) in [5, 5.41) is 6.80. The van der Waals surface area contributed by atoms with Crippen molar-refractivity contribution >= 4 is 12.0 Å². The summed E-state index contributed by atoms with van der Waals surface area (Å²) in [7, 11) is 0. The SMILES string of the molecule is CCOC(=O)N1CCC(NC(=O)c2cnoc2-c2ccc(C)cc2)CC1. The number of benzene rings is 1. The van der Waals surface area contributed by atoms with E-state index < -0.39 is 0 Å². The number of rotatable bonds is 4. The maximum absolute atomic E-state index is 12.6. The number of amides is 2. The van der Waals surface area contributed by atoms with E-state index in [4.69, 9.17) is 9.26 Å². The van der Waals surface area contributed by atoms with Crippen LogP contribution in [0.25, 0.3) is 11.3 Å². The Balaban J connectivity index is 1.61. The molecule has 7 nitrogen and oxygen atoms in total. The van der Waals surface area contributed by atoms with Crippen molar-refractivity contribution in [2.45, 2.75) is 32.7 Å². The van der Waals surface area contributed by atoms with Crippen molar-refractivity contribution in [1.82, 2.24) is 15.4 Å². The van der Waals surface area contributed by atoms with Crippen LogP contribution < -0.4 is 5.32 Å². The summed E-state index contributed by atoms with van der Waals surface area (Å²) in [5.74, 6) is 0.253. The van der Waals surface area contributed by atoms with E-state index in [1.165, 1.54) is 6.20 Å². The van der Waals surface area contributed by atoms with E-state index in [1.54, 1.807) is 11.8 Å². The van der Waals surface area contributed by atoms with Gasteiger partial charge in [-0.15, -0.1) is 0 Å². The van der Waals surface area contributed by atoms with Crippen molar-refractivity contribution in [2.24, 2.45) is 0 Å². The van der Waals surface area contributed by atoms with Crippen molar-refractivity contribution in [3.05, 3.63) is 41.6 Å². The Labute approximate surface area is 152 Å². The zero-order valence-corrected chi connectivity index (χ0v) is 15.0. The van der Waals surface area contributed by atoms with Crippen LogP contribution in [0.15, 0.2) is 35.0 Å². The summed E-state index contributed by atoms with van der Waals surface area (Å²) in [5.41, 5.74) is 2.37. The maximum Gasteiger partial charge on any atom is 0.409 e. The topological polar surface area (TPSA) is 84.7 Å². The van der Waals surface area contributed by atoms with Gasteiger partial charge in [-0.3, -0.25) is 4.79 Å². The second-order valence-corrected chi connectivity index (χ2v) is 6.37. The van der Waals surface area contributed by atoms with Crippen LogP contribution in [0.4, 0.5) is 4.79 Å². The first kappa shape index (κ1) is 18.0. The minimum absolute atomic E-state index is 0.00828. The van der Waals surface area contributed by atoms with Crippen LogP contribution >= 0.6 is 0 Å². The first-order valence-electron chi connectivity index (χ1n) is 8.82. The third kappa shape index (κ3) is 4.04. The number of likely N-dealkylation sites (tertiary alicyclic amines) is 1. The molecule has 0 unspecified atom stereocenters. The molecule has 0 spiro atoms. The molecule has 1 N–H and O–H groups in total. The number of ether oxygens (including phenoxy) is 1. The number of nitrogens with one attached hydrogen (secondary N) is 1. The van der Waals surface area contributed by atoms with Gasteiger partial charge in [-0.25, -0.2) is 4.79 Å². The normalized spacial score (nSPS) is 14.9. The number of carbonyl (C=O) groups is 2. The molecule has 0 saturated carbocycles. The van der Waals surface area contributed by atoms with Gasteiger partial charge < -0.3 is 19.5 Å². The van der Waals surface area contributed by atoms with Crippen molar-refractivity contribution in [3.63, 3.8) is 0 Å². The first-order valence-corrected chi connectivity index (χ1v) is 8.82. The molecule has 1 aliphatic heterocycles. The Hall–Kier alpha value is -2.83. The number of nitrogens with zero attached hydrogens (tertiary/aromatic N) is 2. The molecular weight excluding hydrogens is 334 g/mol. The Bertz CT molecular complexity index is 761. The number of aromatic nitrogens is 1. The Morgan fingerprint density at radius 2 is 1.96 bits per heavy atom. The fourth-order valence-corrected chi connectivity index (χ4v) is 3.00. The third-order valence-electron chi connectivity index (χ3n) is 4.48. The predicted molar refractivity (Wildman–Crippen MR) is 95.8 cm³/mol. The third-order valence-corrected chi connectivity index (χ3v) is 4.48. The number of aryl methyl sites for hydroxylation is 1. The van der Waals surface area contributed by atoms with E-state index in [1.807, 2.05) is 31.2 Å². The number of hydrogen-bond donors (Lipinski definition) is 1. The maximum atomic E-state index is 12.6. The van der Waals surface area contributed by atoms with Gasteiger partial charge in [0, 0.05) is 24.7 Å². The fourth-order valence-electron chi connectivity index (χ4n) is 3.00. The van der Waals surface area contributed by atoms with Crippen LogP contribution in [0.3, 0.4) is 0 Å². The standard InChI is InChI=1S/C19H23N3O4/c1-3-25-19(24)22-10-8-15(9-11-22)21-18(23)16-12-20-26-17(16)14-6-4-13(2)5-7-14/h4-7,12,15H,3,8-11H2,1-2H3,(H,21,23). The van der Waals surface area contributed by atoms with Gasteiger partial charge in [0.05, 0.1) is 12.8 Å². The van der Waals surface area contributed by atoms with Gasteiger partial charge in [-0.2, -0.15) is 0 Å². The smallest absolute Gasteiger partial charge is 0.409 e. The molecule has 1 aromatic carbocycles. The lowest BCUT2D eigenvalue weighted by molar-refractivity contribution is 0.0860. The molecule has 0 aliphatic carbocycles. The van der Waals surface area contributed by atoms with Gasteiger partial charge in [-0.1, -0.05) is 35.0 Å². The molecule has 26 heavy (non-hydrogen) atoms. The number of carbonyl (C=O) groups excluding carboxylic acids is 2. The van der Waals surface area contributed by atoms with Crippen molar-refractivity contribution in [1.29, 1.82) is 0 Å². The summed E-state index contributed by atoms with van der Waals surface area (Å²) < 4.78 is 10.3. The average molecular weight is 357 g/mol. The van der Waals surface area contributed by atoms with E-state index in [-0.39, 0.29) is 18.0 Å². The summed E-state index contributed by atoms with van der Waals surface area (Å²) in [6.45, 7) is 5.29. The summed E-state index contributed by atoms with van der Waals surface area (Å²) in [6, 6.07) is 7.75. The molecule has 1 aliphatic rings. The Morgan fingerprint density at radius 3 is 2.62 bits per heavy atom. The lowest BCUT2D eigenvalue weighted by Crippen LogP contribution is -2.46. The highest BCUT2D eigenvalue weighted by atomic mass is 16.6. The zero-order chi connectivity index (χ0) is 18.5. The number of hydrogen-bond acceptors (Lipinski definition) is 5. The molecule has 7 heteroatoms. The molecule has 3 rings (SSSR count). The van der Waals surface area contributed by atoms with Crippen LogP contribution in [-0.2, 0) is 4.74 Å². The van der Waals surface area contributed by atoms with Gasteiger partial charge in [0.25, 0.3) is 5.91 Å². The molecule has 2 aromatic rings. The highest BCUT2D eigenvalue weighted by Crippen LogP contribution is 2.24. The van der Waals surface area contributed by atoms with Crippen LogP contribution in [0.5, 0.6) is 0 Å². The highest BCUT2D eigenvalue weighted by Gasteiger charge is 2.26. The lowest BCUT2D eigenvalue weighted by Gasteiger charge is -2.31. The van der Waals surface area contributed by atoms with Crippen molar-refractivity contribution in [3.8, 4) is 11.3 Å². The Morgan fingerprint density at radius 1 is 1.27 bits per heavy atom. The summed E-state index contributed by atoms with van der Waals surface area (Å²) in [4.78, 5) is 26.0. The minimum atomic E-state index is -0.294. The van der Waals surface area contributed by atoms with E-state index in [2.05, 4.69) is 10.5 Å². The second kappa shape index (κ2) is 8.03. The van der Waals surface area contributed by atoms with E-state index in [0.29, 0.717) is 43.9 Å². The second-order valence-electron chi connectivity index (χ2n) is 6.37. The van der Waals surface area contributed by atoms with Gasteiger partial charge in [0.15, 0.2) is 5.76 Å². The monoisotopic (exact) mass is 357 g/mol. The fraction of sp³-hybridized carbons (Fsp3) is 0.421. The molecule has 0 radical (unpaired) electrons. The summed E-state index contributed by atoms with van der Waals surface area (Å²) in [6.07, 6.45) is 2.53. The van der Waals surface area contributed by atoms with E-state index >= 15 is 0 Å². The molecule has 1 aromatic heterocycles. The molecule has 1 fully saturated rings. The Kier molecular flexibility index (Phi) is 5.55. The average Bonchev–Trinajstić information content (AvgIpc) is 3.13. The quantitative estimate of drug-likeness (QED) is 0.909. The van der Waals surface area contributed by atoms with Gasteiger partial charge in [0.2, 0.25) is 0 Å². The number of piperidine rings is 1. The molecule has 2 amide bonds. The van der Waals surface area contributed by atoms with Crippen LogP contribution in [0, 0.1) is 6.92 Å². The van der Waals surface area contributed by atoms with Crippen molar-refractivity contribution < 1.29 is 18.8 Å². The van der Waals surface area contributed by atoms with Gasteiger partial charge in [-0.05, 0) is 26.7 Å². The summed E-state index contributed by atoms with van der Waals surface area (Å²) >= 11 is 0. The minimum Gasteiger partial charge on any atom is -0.450 e. The molecular formula is C19H23N3O4. The largest absolute Gasteiger partial charge is 0.450 e. The molecule has 2 heterocycles. The van der Waals surface area contributed by atoms with Gasteiger partial charge in [0.1, 0.15) is 5.56 Å². The van der Waals surface area contributed by atoms with E-state index in [0.717, 1.165) is 11.1 Å². The van der Waals surface area contributed by atoms with E-state index in [9.17, 15) is 9.59 Å². The molecule has 1 saturated heterocycles. The lowest BCUT2D eigenvalue weighted by atomic mass is 10.0.